The molecule has 1 aromatic heterocycles. The van der Waals surface area contributed by atoms with E-state index in [1.807, 2.05) is 45.9 Å². The van der Waals surface area contributed by atoms with Gasteiger partial charge >= 0.3 is 5.97 Å². The number of ether oxygens (including phenoxy) is 3. The van der Waals surface area contributed by atoms with E-state index in [1.165, 1.54) is 0 Å². The number of esters is 1. The van der Waals surface area contributed by atoms with Crippen LogP contribution in [0.2, 0.25) is 0 Å². The second-order valence-corrected chi connectivity index (χ2v) is 21.3. The molecule has 1 aromatic carbocycles. The molecule has 2 aromatic rings. The number of fused-ring (bicyclic) bond motifs is 5. The molecule has 3 aliphatic heterocycles. The molecular formula is C44H61N3O9S. The summed E-state index contributed by atoms with van der Waals surface area (Å²) in [5.74, 6) is -1.04. The summed E-state index contributed by atoms with van der Waals surface area (Å²) < 4.78 is 46.3. The number of benzene rings is 1. The largest absolute Gasteiger partial charge is 0.497 e. The van der Waals surface area contributed by atoms with Crippen LogP contribution in [0.5, 0.6) is 11.5 Å². The highest BCUT2D eigenvalue weighted by molar-refractivity contribution is 7.91. The van der Waals surface area contributed by atoms with Gasteiger partial charge < -0.3 is 19.1 Å². The Balaban J connectivity index is 1.23. The van der Waals surface area contributed by atoms with Crippen LogP contribution in [0.3, 0.4) is 0 Å². The first kappa shape index (κ1) is 41.4. The number of ketones is 1. The molecule has 4 fully saturated rings. The smallest absolute Gasteiger partial charge is 0.306 e. The Hall–Kier alpha value is -3.74. The van der Waals surface area contributed by atoms with Gasteiger partial charge in [0.05, 0.1) is 54.1 Å². The van der Waals surface area contributed by atoms with Crippen molar-refractivity contribution in [3.63, 3.8) is 0 Å². The molecule has 1 spiro atoms. The van der Waals surface area contributed by atoms with Crippen molar-refractivity contribution in [2.24, 2.45) is 22.7 Å². The van der Waals surface area contributed by atoms with Gasteiger partial charge in [-0.05, 0) is 87.8 Å². The minimum absolute atomic E-state index is 0.0915. The van der Waals surface area contributed by atoms with E-state index in [0.717, 1.165) is 60.7 Å². The van der Waals surface area contributed by atoms with Crippen molar-refractivity contribution >= 4 is 44.5 Å². The third kappa shape index (κ3) is 8.41. The average Bonchev–Trinajstić information content (AvgIpc) is 4.06. The number of hydrogen-bond donors (Lipinski definition) is 1. The second-order valence-electron chi connectivity index (χ2n) is 19.1. The molecule has 0 bridgehead atoms. The monoisotopic (exact) mass is 807 g/mol. The molecular weight excluding hydrogens is 747 g/mol. The Bertz CT molecular complexity index is 2040. The lowest BCUT2D eigenvalue weighted by molar-refractivity contribution is -0.152. The number of aromatic nitrogens is 1. The van der Waals surface area contributed by atoms with Gasteiger partial charge in [-0.25, -0.2) is 13.4 Å². The molecule has 12 nitrogen and oxygen atoms in total. The van der Waals surface area contributed by atoms with Crippen LogP contribution in [0.4, 0.5) is 0 Å². The van der Waals surface area contributed by atoms with Gasteiger partial charge in [-0.2, -0.15) is 0 Å². The molecule has 4 heterocycles. The maximum Gasteiger partial charge on any atom is 0.306 e. The van der Waals surface area contributed by atoms with E-state index < -0.39 is 49.6 Å². The highest BCUT2D eigenvalue weighted by Gasteiger charge is 2.64. The number of Topliss-reactive ketones (excluding diaryl/α,β-unsaturated/α-hetero) is 1. The van der Waals surface area contributed by atoms with Crippen molar-refractivity contribution < 1.29 is 41.8 Å². The maximum atomic E-state index is 14.9. The number of methoxy groups -OCH3 is 1. The van der Waals surface area contributed by atoms with Crippen molar-refractivity contribution in [3.05, 3.63) is 29.5 Å². The Morgan fingerprint density at radius 2 is 1.75 bits per heavy atom. The van der Waals surface area contributed by atoms with Gasteiger partial charge in [0.1, 0.15) is 17.1 Å². The number of rotatable bonds is 8. The van der Waals surface area contributed by atoms with Crippen molar-refractivity contribution in [2.75, 3.05) is 20.3 Å². The van der Waals surface area contributed by atoms with E-state index in [9.17, 15) is 27.6 Å². The molecule has 2 saturated heterocycles. The average molecular weight is 808 g/mol. The van der Waals surface area contributed by atoms with E-state index in [1.54, 1.807) is 18.9 Å². The predicted octanol–water partition coefficient (Wildman–Crippen LogP) is 6.77. The number of nitrogens with one attached hydrogen (secondary N) is 1. The van der Waals surface area contributed by atoms with Gasteiger partial charge in [0.2, 0.25) is 21.8 Å². The number of sulfonamides is 1. The first-order valence-electron chi connectivity index (χ1n) is 21.2. The highest BCUT2D eigenvalue weighted by atomic mass is 32.2. The Kier molecular flexibility index (Phi) is 11.2. The zero-order chi connectivity index (χ0) is 41.0. The molecule has 2 amide bonds. The van der Waals surface area contributed by atoms with E-state index in [4.69, 9.17) is 19.2 Å². The summed E-state index contributed by atoms with van der Waals surface area (Å²) in [4.78, 5) is 63.8. The SMILES string of the molecule is CCc1nc2ccc(OC)cc2c2c1O[C@]1(CC2)C[C@H]2C(=O)C[C@]3(C(=O)NS(=O)(=O)C4(C)CC4)C[C@H]3CCCCCCC[C@H](CC(=O)OCC(C)(C)C)C(=O)N2C1. The number of nitrogens with zero attached hydrogens (tertiary/aromatic N) is 2. The second kappa shape index (κ2) is 15.5. The first-order valence-corrected chi connectivity index (χ1v) is 22.6. The summed E-state index contributed by atoms with van der Waals surface area (Å²) in [5, 5.41) is 0.938. The number of pyridine rings is 1. The minimum atomic E-state index is -3.92. The van der Waals surface area contributed by atoms with Crippen LogP contribution < -0.4 is 14.2 Å². The molecule has 2 saturated carbocycles. The quantitative estimate of drug-likeness (QED) is 0.282. The number of carbonyl (C=O) groups excluding carboxylic acids is 4. The zero-order valence-corrected chi connectivity index (χ0v) is 35.5. The first-order chi connectivity index (χ1) is 26.9. The molecule has 1 N–H and O–H groups in total. The number of amides is 2. The lowest BCUT2D eigenvalue weighted by atomic mass is 9.85. The predicted molar refractivity (Wildman–Crippen MR) is 215 cm³/mol. The normalized spacial score (nSPS) is 28.9. The van der Waals surface area contributed by atoms with Gasteiger partial charge in [0.25, 0.3) is 0 Å². The van der Waals surface area contributed by atoms with E-state index in [2.05, 4.69) is 4.72 Å². The van der Waals surface area contributed by atoms with Crippen molar-refractivity contribution in [3.8, 4) is 11.5 Å². The fourth-order valence-electron chi connectivity index (χ4n) is 9.40. The summed E-state index contributed by atoms with van der Waals surface area (Å²) in [5.41, 5.74) is 0.350. The molecule has 0 unspecified atom stereocenters. The summed E-state index contributed by atoms with van der Waals surface area (Å²) in [6, 6.07) is 4.89. The molecule has 7 rings (SSSR count). The Morgan fingerprint density at radius 1 is 1.04 bits per heavy atom. The van der Waals surface area contributed by atoms with Crippen LogP contribution in [0, 0.1) is 22.7 Å². The molecule has 0 radical (unpaired) electrons. The summed E-state index contributed by atoms with van der Waals surface area (Å²) in [6.07, 6.45) is 8.71. The van der Waals surface area contributed by atoms with Gasteiger partial charge in [0.15, 0.2) is 5.78 Å². The van der Waals surface area contributed by atoms with Crippen molar-refractivity contribution in [1.82, 2.24) is 14.6 Å². The fraction of sp³-hybridized carbons (Fsp3) is 0.705. The van der Waals surface area contributed by atoms with Crippen molar-refractivity contribution in [1.29, 1.82) is 0 Å². The number of hydrogen-bond acceptors (Lipinski definition) is 10. The molecule has 2 aliphatic carbocycles. The summed E-state index contributed by atoms with van der Waals surface area (Å²) in [7, 11) is -2.29. The van der Waals surface area contributed by atoms with Crippen LogP contribution in [-0.4, -0.2) is 78.5 Å². The lowest BCUT2D eigenvalue weighted by Crippen LogP contribution is -2.48. The molecule has 5 aliphatic rings. The number of aryl methyl sites for hydroxylation is 2. The molecule has 5 atom stereocenters. The van der Waals surface area contributed by atoms with Gasteiger partial charge in [0, 0.05) is 29.7 Å². The van der Waals surface area contributed by atoms with Crippen LogP contribution in [0.25, 0.3) is 10.9 Å². The topological polar surface area (TPSA) is 158 Å². The maximum absolute atomic E-state index is 14.9. The lowest BCUT2D eigenvalue weighted by Gasteiger charge is -2.37. The van der Waals surface area contributed by atoms with Gasteiger partial charge in [-0.1, -0.05) is 59.8 Å². The highest BCUT2D eigenvalue weighted by Crippen LogP contribution is 2.59. The zero-order valence-electron chi connectivity index (χ0n) is 34.7. The Labute approximate surface area is 337 Å². The van der Waals surface area contributed by atoms with E-state index in [0.29, 0.717) is 56.4 Å². The molecule has 13 heteroatoms. The van der Waals surface area contributed by atoms with Crippen LogP contribution in [0.15, 0.2) is 18.2 Å². The molecule has 57 heavy (non-hydrogen) atoms. The van der Waals surface area contributed by atoms with Crippen LogP contribution in [0.1, 0.15) is 136 Å². The van der Waals surface area contributed by atoms with E-state index in [-0.39, 0.29) is 55.4 Å². The summed E-state index contributed by atoms with van der Waals surface area (Å²) in [6.45, 7) is 9.98. The minimum Gasteiger partial charge on any atom is -0.497 e. The number of carbonyl (C=O) groups is 4. The molecule has 312 valence electrons. The summed E-state index contributed by atoms with van der Waals surface area (Å²) >= 11 is 0. The third-order valence-electron chi connectivity index (χ3n) is 13.4. The standard InChI is InChI=1S/C44H61N3O9S/c1-7-33-38-31(32-22-30(54-6)15-16-34(32)45-33)17-18-43(56-38)24-35-36(48)25-44(40(51)46-57(52,53)42(5)19-20-42)23-29(44)14-12-10-8-9-11-13-28(39(50)47(35)26-43)21-37(49)55-27-41(2,3)4/h15-16,22,28-29,35H,7-14,17-21,23-27H2,1-6H3,(H,46,51)/t28-,29-,35+,43-,44-/m1/s1. The van der Waals surface area contributed by atoms with Crippen LogP contribution in [-0.2, 0) is 46.8 Å². The van der Waals surface area contributed by atoms with Crippen LogP contribution >= 0.6 is 0 Å². The Morgan fingerprint density at radius 3 is 2.44 bits per heavy atom. The van der Waals surface area contributed by atoms with E-state index >= 15 is 0 Å². The fourth-order valence-corrected chi connectivity index (χ4v) is 10.7. The van der Waals surface area contributed by atoms with Crippen molar-refractivity contribution in [2.45, 2.75) is 154 Å². The third-order valence-corrected chi connectivity index (χ3v) is 15.6. The van der Waals surface area contributed by atoms with Gasteiger partial charge in [-0.15, -0.1) is 0 Å². The van der Waals surface area contributed by atoms with Gasteiger partial charge in [-0.3, -0.25) is 23.9 Å².